The van der Waals surface area contributed by atoms with Crippen LogP contribution in [0.3, 0.4) is 0 Å². The fraction of sp³-hybridized carbons (Fsp3) is 1.00. The van der Waals surface area contributed by atoms with Crippen LogP contribution in [0.4, 0.5) is 0 Å². The third-order valence-electron chi connectivity index (χ3n) is 4.19. The third kappa shape index (κ3) is 1.50. The van der Waals surface area contributed by atoms with Crippen LogP contribution in [0.5, 0.6) is 0 Å². The van der Waals surface area contributed by atoms with Gasteiger partial charge in [0, 0.05) is 5.92 Å². The molecule has 2 nitrogen and oxygen atoms in total. The third-order valence-corrected chi connectivity index (χ3v) is 4.19. The molecule has 0 heterocycles. The quantitative estimate of drug-likeness (QED) is 0.601. The normalized spacial score (nSPS) is 56.3. The Morgan fingerprint density at radius 1 is 1.00 bits per heavy atom. The summed E-state index contributed by atoms with van der Waals surface area (Å²) in [5.41, 5.74) is -1.28. The molecule has 2 rings (SSSR count). The highest BCUT2D eigenvalue weighted by molar-refractivity contribution is 5.01. The zero-order valence-corrected chi connectivity index (χ0v) is 8.58. The first-order chi connectivity index (χ1) is 5.92. The van der Waals surface area contributed by atoms with Crippen molar-refractivity contribution in [2.75, 3.05) is 0 Å². The van der Waals surface area contributed by atoms with Gasteiger partial charge in [-0.15, -0.1) is 0 Å². The molecule has 2 bridgehead atoms. The average Bonchev–Trinajstić information content (AvgIpc) is 2.01. The smallest absolute Gasteiger partial charge is 0.0675 e. The van der Waals surface area contributed by atoms with Crippen LogP contribution in [0.25, 0.3) is 0 Å². The number of rotatable bonds is 0. The lowest BCUT2D eigenvalue weighted by molar-refractivity contribution is -0.162. The highest BCUT2D eigenvalue weighted by Gasteiger charge is 2.50. The summed E-state index contributed by atoms with van der Waals surface area (Å²) in [7, 11) is 0. The van der Waals surface area contributed by atoms with Crippen molar-refractivity contribution < 1.29 is 10.2 Å². The van der Waals surface area contributed by atoms with Crippen LogP contribution in [0.1, 0.15) is 46.0 Å². The average molecular weight is 184 g/mol. The van der Waals surface area contributed by atoms with Crippen LogP contribution in [0.15, 0.2) is 0 Å². The molecule has 0 unspecified atom stereocenters. The Morgan fingerprint density at radius 2 is 1.46 bits per heavy atom. The molecule has 13 heavy (non-hydrogen) atoms. The first-order valence-corrected chi connectivity index (χ1v) is 5.36. The van der Waals surface area contributed by atoms with E-state index in [9.17, 15) is 10.2 Å². The van der Waals surface area contributed by atoms with Gasteiger partial charge in [-0.1, -0.05) is 0 Å². The van der Waals surface area contributed by atoms with Gasteiger partial charge < -0.3 is 10.2 Å². The van der Waals surface area contributed by atoms with Crippen molar-refractivity contribution in [1.82, 2.24) is 0 Å². The van der Waals surface area contributed by atoms with Gasteiger partial charge in [-0.3, -0.25) is 0 Å². The highest BCUT2D eigenvalue weighted by Crippen LogP contribution is 2.49. The highest BCUT2D eigenvalue weighted by atomic mass is 16.3. The van der Waals surface area contributed by atoms with Gasteiger partial charge in [0.05, 0.1) is 11.2 Å². The van der Waals surface area contributed by atoms with E-state index in [0.717, 1.165) is 38.0 Å². The molecular weight excluding hydrogens is 164 g/mol. The van der Waals surface area contributed by atoms with Crippen molar-refractivity contribution in [2.45, 2.75) is 57.2 Å². The minimum absolute atomic E-state index is 0.0903. The summed E-state index contributed by atoms with van der Waals surface area (Å²) in [5, 5.41) is 20.3. The fourth-order valence-corrected chi connectivity index (χ4v) is 3.23. The van der Waals surface area contributed by atoms with Crippen molar-refractivity contribution in [3.8, 4) is 0 Å². The van der Waals surface area contributed by atoms with E-state index in [1.807, 2.05) is 13.8 Å². The van der Waals surface area contributed by atoms with E-state index in [4.69, 9.17) is 0 Å². The predicted octanol–water partition coefficient (Wildman–Crippen LogP) is 1.70. The summed E-state index contributed by atoms with van der Waals surface area (Å²) < 4.78 is 0. The molecule has 0 aromatic rings. The van der Waals surface area contributed by atoms with Crippen LogP contribution < -0.4 is 0 Å². The van der Waals surface area contributed by atoms with Crippen LogP contribution in [-0.2, 0) is 0 Å². The van der Waals surface area contributed by atoms with E-state index >= 15 is 0 Å². The second-order valence-electron chi connectivity index (χ2n) is 5.45. The van der Waals surface area contributed by atoms with Gasteiger partial charge in [-0.2, -0.15) is 0 Å². The maximum Gasteiger partial charge on any atom is 0.0675 e. The molecule has 2 aliphatic carbocycles. The topological polar surface area (TPSA) is 40.5 Å². The minimum atomic E-state index is -0.638. The molecule has 2 saturated carbocycles. The molecule has 0 radical (unpaired) electrons. The van der Waals surface area contributed by atoms with E-state index in [2.05, 4.69) is 0 Å². The molecule has 0 aromatic carbocycles. The van der Waals surface area contributed by atoms with Gasteiger partial charge in [-0.05, 0) is 51.9 Å². The van der Waals surface area contributed by atoms with Crippen LogP contribution in [0.2, 0.25) is 0 Å². The Kier molecular flexibility index (Phi) is 1.97. The number of hydrogen-bond acceptors (Lipinski definition) is 2. The molecule has 0 aromatic heterocycles. The Morgan fingerprint density at radius 3 is 1.85 bits per heavy atom. The van der Waals surface area contributed by atoms with Crippen molar-refractivity contribution in [2.24, 2.45) is 11.8 Å². The van der Waals surface area contributed by atoms with Gasteiger partial charge in [0.15, 0.2) is 0 Å². The second kappa shape index (κ2) is 2.71. The molecule has 2 aliphatic rings. The zero-order valence-electron chi connectivity index (χ0n) is 8.58. The van der Waals surface area contributed by atoms with E-state index in [-0.39, 0.29) is 5.92 Å². The SMILES string of the molecule is C[C@@]1(O)CCC2CC[C@@](C)(O)C1C2. The Hall–Kier alpha value is -0.0800. The largest absolute Gasteiger partial charge is 0.390 e. The van der Waals surface area contributed by atoms with E-state index in [1.165, 1.54) is 0 Å². The van der Waals surface area contributed by atoms with E-state index in [1.54, 1.807) is 0 Å². The zero-order chi connectivity index (χ0) is 9.69. The maximum absolute atomic E-state index is 10.2. The Labute approximate surface area is 80.0 Å². The van der Waals surface area contributed by atoms with Crippen LogP contribution in [0, 0.1) is 11.8 Å². The summed E-state index contributed by atoms with van der Waals surface area (Å²) >= 11 is 0. The summed E-state index contributed by atoms with van der Waals surface area (Å²) in [6, 6.07) is 0. The van der Waals surface area contributed by atoms with Crippen LogP contribution in [-0.4, -0.2) is 21.4 Å². The summed E-state index contributed by atoms with van der Waals surface area (Å²) in [6.07, 6.45) is 5.01. The second-order valence-corrected chi connectivity index (χ2v) is 5.45. The molecule has 2 heteroatoms. The Bertz CT molecular complexity index is 188. The van der Waals surface area contributed by atoms with Gasteiger partial charge in [0.2, 0.25) is 0 Å². The monoisotopic (exact) mass is 184 g/mol. The lowest BCUT2D eigenvalue weighted by atomic mass is 9.59. The number of aliphatic hydroxyl groups is 2. The fourth-order valence-electron chi connectivity index (χ4n) is 3.23. The minimum Gasteiger partial charge on any atom is -0.390 e. The number of hydrogen-bond donors (Lipinski definition) is 2. The molecule has 0 aliphatic heterocycles. The summed E-state index contributed by atoms with van der Waals surface area (Å²) in [4.78, 5) is 0. The molecule has 0 spiro atoms. The molecule has 2 fully saturated rings. The van der Waals surface area contributed by atoms with Gasteiger partial charge in [0.1, 0.15) is 0 Å². The maximum atomic E-state index is 10.2. The molecule has 2 atom stereocenters. The lowest BCUT2D eigenvalue weighted by Crippen LogP contribution is -2.54. The first-order valence-electron chi connectivity index (χ1n) is 5.36. The van der Waals surface area contributed by atoms with Gasteiger partial charge in [-0.25, -0.2) is 0 Å². The van der Waals surface area contributed by atoms with Crippen LogP contribution >= 0.6 is 0 Å². The van der Waals surface area contributed by atoms with E-state index in [0.29, 0.717) is 0 Å². The van der Waals surface area contributed by atoms with Crippen molar-refractivity contribution >= 4 is 0 Å². The first kappa shape index (κ1) is 9.47. The molecule has 0 amide bonds. The summed E-state index contributed by atoms with van der Waals surface area (Å²) in [6.45, 7) is 3.77. The molecular formula is C11H20O2. The van der Waals surface area contributed by atoms with Crippen molar-refractivity contribution in [1.29, 1.82) is 0 Å². The Balaban J connectivity index is 2.23. The standard InChI is InChI=1S/C11H20O2/c1-10(12)5-3-8-4-6-11(2,13)9(10)7-8/h8-9,12-13H,3-7H2,1-2H3/t8?,9?,10-,11-/m1/s1. The summed E-state index contributed by atoms with van der Waals surface area (Å²) in [5.74, 6) is 0.845. The lowest BCUT2D eigenvalue weighted by Gasteiger charge is -2.51. The molecule has 76 valence electrons. The van der Waals surface area contributed by atoms with Crippen molar-refractivity contribution in [3.05, 3.63) is 0 Å². The molecule has 2 N–H and O–H groups in total. The van der Waals surface area contributed by atoms with Gasteiger partial charge in [0.25, 0.3) is 0 Å². The van der Waals surface area contributed by atoms with Gasteiger partial charge >= 0.3 is 0 Å². The number of fused-ring (bicyclic) bond motifs is 2. The predicted molar refractivity (Wildman–Crippen MR) is 51.3 cm³/mol. The van der Waals surface area contributed by atoms with E-state index < -0.39 is 11.2 Å². The molecule has 0 saturated heterocycles. The van der Waals surface area contributed by atoms with Crippen molar-refractivity contribution in [3.63, 3.8) is 0 Å².